The summed E-state index contributed by atoms with van der Waals surface area (Å²) in [6, 6.07) is 6.58. The molecule has 4 nitrogen and oxygen atoms in total. The molecule has 0 aliphatic heterocycles. The van der Waals surface area contributed by atoms with Gasteiger partial charge < -0.3 is 10.3 Å². The van der Waals surface area contributed by atoms with Crippen LogP contribution in [0, 0.1) is 5.82 Å². The molecular formula is C15H15FN4. The topological polar surface area (TPSA) is 56.7 Å². The lowest BCUT2D eigenvalue weighted by Crippen LogP contribution is -2.03. The highest BCUT2D eigenvalue weighted by molar-refractivity contribution is 5.83. The van der Waals surface area contributed by atoms with Crippen molar-refractivity contribution >= 4 is 16.7 Å². The molecule has 0 atom stereocenters. The Morgan fingerprint density at radius 1 is 1.30 bits per heavy atom. The van der Waals surface area contributed by atoms with Gasteiger partial charge in [-0.05, 0) is 24.6 Å². The monoisotopic (exact) mass is 270 g/mol. The SMILES string of the molecule is CCCn1c(-c2c(N)cccc2F)nc2cnccc21. The summed E-state index contributed by atoms with van der Waals surface area (Å²) >= 11 is 0. The highest BCUT2D eigenvalue weighted by Crippen LogP contribution is 2.31. The summed E-state index contributed by atoms with van der Waals surface area (Å²) in [5.74, 6) is 0.205. The summed E-state index contributed by atoms with van der Waals surface area (Å²) < 4.78 is 16.1. The van der Waals surface area contributed by atoms with Gasteiger partial charge in [-0.3, -0.25) is 4.98 Å². The maximum absolute atomic E-state index is 14.1. The minimum absolute atomic E-state index is 0.356. The third kappa shape index (κ3) is 1.91. The van der Waals surface area contributed by atoms with Gasteiger partial charge in [-0.15, -0.1) is 0 Å². The normalized spacial score (nSPS) is 11.1. The lowest BCUT2D eigenvalue weighted by molar-refractivity contribution is 0.626. The molecule has 0 bridgehead atoms. The van der Waals surface area contributed by atoms with Crippen LogP contribution in [0.15, 0.2) is 36.7 Å². The summed E-state index contributed by atoms with van der Waals surface area (Å²) in [7, 11) is 0. The van der Waals surface area contributed by atoms with E-state index in [0.717, 1.165) is 24.0 Å². The summed E-state index contributed by atoms with van der Waals surface area (Å²) in [5, 5.41) is 0. The highest BCUT2D eigenvalue weighted by atomic mass is 19.1. The van der Waals surface area contributed by atoms with Gasteiger partial charge in [0.1, 0.15) is 17.2 Å². The van der Waals surface area contributed by atoms with Crippen LogP contribution in [0.25, 0.3) is 22.4 Å². The molecule has 0 saturated carbocycles. The van der Waals surface area contributed by atoms with Crippen LogP contribution in [0.2, 0.25) is 0 Å². The third-order valence-electron chi connectivity index (χ3n) is 3.27. The van der Waals surface area contributed by atoms with E-state index in [0.29, 0.717) is 17.1 Å². The Labute approximate surface area is 116 Å². The van der Waals surface area contributed by atoms with Crippen molar-refractivity contribution in [3.8, 4) is 11.4 Å². The predicted molar refractivity (Wildman–Crippen MR) is 77.6 cm³/mol. The van der Waals surface area contributed by atoms with Crippen molar-refractivity contribution in [1.29, 1.82) is 0 Å². The average molecular weight is 270 g/mol. The van der Waals surface area contributed by atoms with Crippen LogP contribution in [0.4, 0.5) is 10.1 Å². The molecule has 0 aliphatic rings. The minimum atomic E-state index is -0.356. The van der Waals surface area contributed by atoms with Crippen molar-refractivity contribution in [3.05, 3.63) is 42.5 Å². The van der Waals surface area contributed by atoms with Gasteiger partial charge in [-0.2, -0.15) is 0 Å². The number of nitrogens with two attached hydrogens (primary N) is 1. The van der Waals surface area contributed by atoms with Gasteiger partial charge in [0.2, 0.25) is 0 Å². The lowest BCUT2D eigenvalue weighted by Gasteiger charge is -2.10. The molecule has 20 heavy (non-hydrogen) atoms. The summed E-state index contributed by atoms with van der Waals surface area (Å²) in [4.78, 5) is 8.57. The van der Waals surface area contributed by atoms with E-state index in [1.807, 2.05) is 10.6 Å². The Bertz CT molecular complexity index is 743. The molecule has 2 N–H and O–H groups in total. The van der Waals surface area contributed by atoms with E-state index < -0.39 is 0 Å². The number of aryl methyl sites for hydroxylation is 1. The van der Waals surface area contributed by atoms with E-state index in [-0.39, 0.29) is 5.82 Å². The average Bonchev–Trinajstić information content (AvgIpc) is 2.78. The Kier molecular flexibility index (Phi) is 3.10. The molecule has 3 rings (SSSR count). The van der Waals surface area contributed by atoms with Crippen LogP contribution in [-0.4, -0.2) is 14.5 Å². The number of anilines is 1. The number of aromatic nitrogens is 3. The van der Waals surface area contributed by atoms with Gasteiger partial charge in [0.25, 0.3) is 0 Å². The fourth-order valence-electron chi connectivity index (χ4n) is 2.40. The van der Waals surface area contributed by atoms with E-state index in [9.17, 15) is 4.39 Å². The molecule has 1 aromatic carbocycles. The van der Waals surface area contributed by atoms with Crippen molar-refractivity contribution in [1.82, 2.24) is 14.5 Å². The van der Waals surface area contributed by atoms with E-state index in [2.05, 4.69) is 16.9 Å². The predicted octanol–water partition coefficient (Wildman–Crippen LogP) is 3.23. The van der Waals surface area contributed by atoms with Crippen LogP contribution in [-0.2, 0) is 6.54 Å². The Morgan fingerprint density at radius 2 is 2.15 bits per heavy atom. The van der Waals surface area contributed by atoms with Crippen molar-refractivity contribution in [2.45, 2.75) is 19.9 Å². The minimum Gasteiger partial charge on any atom is -0.398 e. The van der Waals surface area contributed by atoms with Crippen LogP contribution in [0.5, 0.6) is 0 Å². The molecule has 5 heteroatoms. The van der Waals surface area contributed by atoms with Gasteiger partial charge in [0.05, 0.1) is 17.3 Å². The van der Waals surface area contributed by atoms with E-state index >= 15 is 0 Å². The number of halogens is 1. The number of fused-ring (bicyclic) bond motifs is 1. The number of nitrogen functional groups attached to an aromatic ring is 1. The number of hydrogen-bond donors (Lipinski definition) is 1. The van der Waals surface area contributed by atoms with Crippen molar-refractivity contribution in [2.75, 3.05) is 5.73 Å². The Morgan fingerprint density at radius 3 is 2.90 bits per heavy atom. The molecule has 0 fully saturated rings. The zero-order valence-corrected chi connectivity index (χ0v) is 11.2. The molecule has 0 amide bonds. The van der Waals surface area contributed by atoms with Crippen LogP contribution in [0.3, 0.4) is 0 Å². The second-order valence-electron chi connectivity index (χ2n) is 4.66. The van der Waals surface area contributed by atoms with Gasteiger partial charge in [-0.25, -0.2) is 9.37 Å². The summed E-state index contributed by atoms with van der Waals surface area (Å²) in [6.07, 6.45) is 4.32. The van der Waals surface area contributed by atoms with E-state index in [1.54, 1.807) is 24.5 Å². The number of imidazole rings is 1. The van der Waals surface area contributed by atoms with Crippen molar-refractivity contribution in [3.63, 3.8) is 0 Å². The molecule has 0 spiro atoms. The lowest BCUT2D eigenvalue weighted by atomic mass is 10.1. The molecule has 0 unspecified atom stereocenters. The smallest absolute Gasteiger partial charge is 0.146 e. The quantitative estimate of drug-likeness (QED) is 0.743. The number of pyridine rings is 1. The number of nitrogens with zero attached hydrogens (tertiary/aromatic N) is 3. The summed E-state index contributed by atoms with van der Waals surface area (Å²) in [6.45, 7) is 2.82. The molecule has 0 radical (unpaired) electrons. The van der Waals surface area contributed by atoms with E-state index in [4.69, 9.17) is 5.73 Å². The van der Waals surface area contributed by atoms with Crippen LogP contribution < -0.4 is 5.73 Å². The largest absolute Gasteiger partial charge is 0.398 e. The summed E-state index contributed by atoms with van der Waals surface area (Å²) in [5.41, 5.74) is 8.38. The Balaban J connectivity index is 2.33. The third-order valence-corrected chi connectivity index (χ3v) is 3.27. The molecule has 0 aliphatic carbocycles. The zero-order valence-electron chi connectivity index (χ0n) is 11.2. The van der Waals surface area contributed by atoms with Crippen molar-refractivity contribution < 1.29 is 4.39 Å². The van der Waals surface area contributed by atoms with Gasteiger partial charge >= 0.3 is 0 Å². The molecule has 102 valence electrons. The first kappa shape index (κ1) is 12.6. The number of hydrogen-bond acceptors (Lipinski definition) is 3. The second kappa shape index (κ2) is 4.92. The van der Waals surface area contributed by atoms with Crippen LogP contribution in [0.1, 0.15) is 13.3 Å². The molecule has 2 aromatic heterocycles. The van der Waals surface area contributed by atoms with Gasteiger partial charge in [-0.1, -0.05) is 13.0 Å². The number of benzene rings is 1. The first-order valence-electron chi connectivity index (χ1n) is 6.57. The molecular weight excluding hydrogens is 255 g/mol. The Hall–Kier alpha value is -2.43. The first-order valence-corrected chi connectivity index (χ1v) is 6.57. The number of rotatable bonds is 3. The fourth-order valence-corrected chi connectivity index (χ4v) is 2.40. The maximum Gasteiger partial charge on any atom is 0.146 e. The second-order valence-corrected chi connectivity index (χ2v) is 4.66. The zero-order chi connectivity index (χ0) is 14.1. The molecule has 3 aromatic rings. The van der Waals surface area contributed by atoms with E-state index in [1.165, 1.54) is 6.07 Å². The maximum atomic E-state index is 14.1. The molecule has 2 heterocycles. The molecule has 0 saturated heterocycles. The van der Waals surface area contributed by atoms with Gasteiger partial charge in [0.15, 0.2) is 0 Å². The standard InChI is InChI=1S/C15H15FN4/c1-2-8-20-13-6-7-18-9-12(13)19-15(20)14-10(16)4-3-5-11(14)17/h3-7,9H,2,8,17H2,1H3. The van der Waals surface area contributed by atoms with Crippen LogP contribution >= 0.6 is 0 Å². The van der Waals surface area contributed by atoms with Crippen molar-refractivity contribution in [2.24, 2.45) is 0 Å². The van der Waals surface area contributed by atoms with Gasteiger partial charge in [0, 0.05) is 18.4 Å². The first-order chi connectivity index (χ1) is 9.72. The highest BCUT2D eigenvalue weighted by Gasteiger charge is 2.17. The fraction of sp³-hybridized carbons (Fsp3) is 0.200.